The van der Waals surface area contributed by atoms with Gasteiger partial charge in [0.2, 0.25) is 5.91 Å². The van der Waals surface area contributed by atoms with Gasteiger partial charge in [0.05, 0.1) is 23.6 Å². The first-order valence-corrected chi connectivity index (χ1v) is 11.1. The maximum atomic E-state index is 13.2. The fraction of sp³-hybridized carbons (Fsp3) is 0.286. The Morgan fingerprint density at radius 2 is 2.03 bits per heavy atom. The molecule has 0 unspecified atom stereocenters. The smallest absolute Gasteiger partial charge is 0.330 e. The Labute approximate surface area is 188 Å². The van der Waals surface area contributed by atoms with Crippen molar-refractivity contribution in [3.8, 4) is 0 Å². The van der Waals surface area contributed by atoms with E-state index in [1.165, 1.54) is 27.5 Å². The van der Waals surface area contributed by atoms with E-state index in [1.807, 2.05) is 19.1 Å². The Morgan fingerprint density at radius 1 is 1.26 bits per heavy atom. The van der Waals surface area contributed by atoms with E-state index in [4.69, 9.17) is 21.8 Å². The van der Waals surface area contributed by atoms with Crippen LogP contribution in [0.2, 0.25) is 5.02 Å². The number of thioether (sulfide) groups is 1. The standard InChI is InChI=1S/C21H23ClN4O4S/c1-2-3-10-25-19(23)18(20(28)24-21(25)29)26(12-14-7-6-11-30-14)17(27)13-31-16-9-5-4-8-15(16)22/h4-9,11H,2-3,10,12-13,23H2,1H3,(H,24,28,29). The first kappa shape index (κ1) is 22.8. The molecule has 0 saturated carbocycles. The van der Waals surface area contributed by atoms with E-state index in [0.717, 1.165) is 11.3 Å². The van der Waals surface area contributed by atoms with Crippen LogP contribution in [-0.4, -0.2) is 21.2 Å². The van der Waals surface area contributed by atoms with Gasteiger partial charge in [-0.2, -0.15) is 0 Å². The SMILES string of the molecule is CCCCn1c(N)c(N(Cc2ccco2)C(=O)CSc2ccccc2Cl)c(=O)[nH]c1=O. The molecular formula is C21H23ClN4O4S. The molecule has 3 rings (SSSR count). The van der Waals surface area contributed by atoms with E-state index >= 15 is 0 Å². The van der Waals surface area contributed by atoms with Gasteiger partial charge >= 0.3 is 5.69 Å². The zero-order chi connectivity index (χ0) is 22.4. The summed E-state index contributed by atoms with van der Waals surface area (Å²) in [6, 6.07) is 10.6. The summed E-state index contributed by atoms with van der Waals surface area (Å²) in [7, 11) is 0. The summed E-state index contributed by atoms with van der Waals surface area (Å²) in [6.45, 7) is 2.31. The molecule has 0 spiro atoms. The molecule has 1 amide bonds. The topological polar surface area (TPSA) is 114 Å². The Morgan fingerprint density at radius 3 is 2.71 bits per heavy atom. The van der Waals surface area contributed by atoms with Crippen LogP contribution in [0.25, 0.3) is 0 Å². The van der Waals surface area contributed by atoms with Gasteiger partial charge in [0.15, 0.2) is 5.69 Å². The van der Waals surface area contributed by atoms with Gasteiger partial charge in [-0.05, 0) is 30.7 Å². The molecule has 3 aromatic rings. The second kappa shape index (κ2) is 10.4. The molecule has 0 aliphatic heterocycles. The van der Waals surface area contributed by atoms with Crippen molar-refractivity contribution in [1.82, 2.24) is 9.55 Å². The molecule has 0 saturated heterocycles. The molecule has 0 bridgehead atoms. The average Bonchev–Trinajstić information content (AvgIpc) is 3.25. The van der Waals surface area contributed by atoms with Gasteiger partial charge in [-0.15, -0.1) is 11.8 Å². The number of nitrogens with two attached hydrogens (primary N) is 1. The molecule has 0 radical (unpaired) electrons. The minimum Gasteiger partial charge on any atom is -0.467 e. The number of nitrogen functional groups attached to an aromatic ring is 1. The minimum atomic E-state index is -0.724. The van der Waals surface area contributed by atoms with Crippen molar-refractivity contribution in [2.45, 2.75) is 37.8 Å². The van der Waals surface area contributed by atoms with E-state index in [-0.39, 0.29) is 29.7 Å². The molecular weight excluding hydrogens is 440 g/mol. The quantitative estimate of drug-likeness (QED) is 0.470. The van der Waals surface area contributed by atoms with Gasteiger partial charge in [-0.25, -0.2) is 4.79 Å². The summed E-state index contributed by atoms with van der Waals surface area (Å²) < 4.78 is 6.65. The first-order valence-electron chi connectivity index (χ1n) is 9.75. The third kappa shape index (κ3) is 5.42. The van der Waals surface area contributed by atoms with E-state index in [2.05, 4.69) is 4.98 Å². The van der Waals surface area contributed by atoms with Crippen molar-refractivity contribution in [3.63, 3.8) is 0 Å². The van der Waals surface area contributed by atoms with E-state index < -0.39 is 11.2 Å². The number of amides is 1. The van der Waals surface area contributed by atoms with E-state index in [1.54, 1.807) is 24.3 Å². The maximum absolute atomic E-state index is 13.2. The molecule has 0 fully saturated rings. The number of aromatic amines is 1. The highest BCUT2D eigenvalue weighted by atomic mass is 35.5. The van der Waals surface area contributed by atoms with Crippen LogP contribution >= 0.6 is 23.4 Å². The number of rotatable bonds is 9. The van der Waals surface area contributed by atoms with Crippen LogP contribution in [0.4, 0.5) is 11.5 Å². The Bertz CT molecular complexity index is 1160. The Balaban J connectivity index is 1.97. The Kier molecular flexibility index (Phi) is 7.64. The van der Waals surface area contributed by atoms with E-state index in [9.17, 15) is 14.4 Å². The third-order valence-electron chi connectivity index (χ3n) is 4.60. The van der Waals surface area contributed by atoms with Crippen LogP contribution in [0.3, 0.4) is 0 Å². The van der Waals surface area contributed by atoms with Crippen LogP contribution in [-0.2, 0) is 17.9 Å². The molecule has 2 aromatic heterocycles. The van der Waals surface area contributed by atoms with Gasteiger partial charge < -0.3 is 10.2 Å². The van der Waals surface area contributed by atoms with E-state index in [0.29, 0.717) is 23.7 Å². The van der Waals surface area contributed by atoms with Crippen molar-refractivity contribution in [3.05, 3.63) is 74.3 Å². The molecule has 0 atom stereocenters. The second-order valence-corrected chi connectivity index (χ2v) is 8.20. The number of hydrogen-bond acceptors (Lipinski definition) is 6. The highest BCUT2D eigenvalue weighted by molar-refractivity contribution is 8.00. The first-order chi connectivity index (χ1) is 14.9. The molecule has 31 heavy (non-hydrogen) atoms. The fourth-order valence-electron chi connectivity index (χ4n) is 3.01. The monoisotopic (exact) mass is 462 g/mol. The summed E-state index contributed by atoms with van der Waals surface area (Å²) in [6.07, 6.45) is 3.01. The molecule has 0 aliphatic carbocycles. The molecule has 164 valence electrons. The lowest BCUT2D eigenvalue weighted by molar-refractivity contribution is -0.116. The lowest BCUT2D eigenvalue weighted by Gasteiger charge is -2.23. The zero-order valence-electron chi connectivity index (χ0n) is 17.0. The number of nitrogens with one attached hydrogen (secondary N) is 1. The molecule has 2 heterocycles. The van der Waals surface area contributed by atoms with Gasteiger partial charge in [-0.1, -0.05) is 37.1 Å². The van der Waals surface area contributed by atoms with Crippen LogP contribution in [0.1, 0.15) is 25.5 Å². The maximum Gasteiger partial charge on any atom is 0.330 e. The van der Waals surface area contributed by atoms with Gasteiger partial charge in [-0.3, -0.25) is 24.0 Å². The van der Waals surface area contributed by atoms with Gasteiger partial charge in [0.1, 0.15) is 11.6 Å². The average molecular weight is 463 g/mol. The number of carbonyl (C=O) groups excluding carboxylic acids is 1. The largest absolute Gasteiger partial charge is 0.467 e. The van der Waals surface area contributed by atoms with Crippen LogP contribution in [0, 0.1) is 0 Å². The molecule has 0 aliphatic rings. The number of benzene rings is 1. The summed E-state index contributed by atoms with van der Waals surface area (Å²) in [5.41, 5.74) is 4.82. The summed E-state index contributed by atoms with van der Waals surface area (Å²) in [5, 5.41) is 0.531. The molecule has 3 N–H and O–H groups in total. The van der Waals surface area contributed by atoms with Crippen molar-refractivity contribution in [1.29, 1.82) is 0 Å². The summed E-state index contributed by atoms with van der Waals surface area (Å²) in [4.78, 5) is 42.4. The predicted octanol–water partition coefficient (Wildman–Crippen LogP) is 3.49. The number of unbranched alkanes of at least 4 members (excludes halogenated alkanes) is 1. The van der Waals surface area contributed by atoms with Crippen molar-refractivity contribution in [2.24, 2.45) is 0 Å². The van der Waals surface area contributed by atoms with Crippen molar-refractivity contribution >= 4 is 40.8 Å². The Hall–Kier alpha value is -2.91. The third-order valence-corrected chi connectivity index (χ3v) is 6.10. The summed E-state index contributed by atoms with van der Waals surface area (Å²) >= 11 is 7.43. The summed E-state index contributed by atoms with van der Waals surface area (Å²) in [5.74, 6) is 0.0579. The lowest BCUT2D eigenvalue weighted by atomic mass is 10.3. The van der Waals surface area contributed by atoms with Crippen LogP contribution in [0.15, 0.2) is 61.6 Å². The number of H-pyrrole nitrogens is 1. The van der Waals surface area contributed by atoms with Crippen molar-refractivity contribution < 1.29 is 9.21 Å². The number of furan rings is 1. The highest BCUT2D eigenvalue weighted by Gasteiger charge is 2.25. The fourth-order valence-corrected chi connectivity index (χ4v) is 4.12. The predicted molar refractivity (Wildman–Crippen MR) is 123 cm³/mol. The number of halogens is 1. The minimum absolute atomic E-state index is 0.00578. The molecule has 8 nitrogen and oxygen atoms in total. The van der Waals surface area contributed by atoms with Crippen molar-refractivity contribution in [2.75, 3.05) is 16.4 Å². The molecule has 10 heteroatoms. The lowest BCUT2D eigenvalue weighted by Crippen LogP contribution is -2.41. The number of aromatic nitrogens is 2. The normalized spacial score (nSPS) is 10.9. The van der Waals surface area contributed by atoms with Gasteiger partial charge in [0.25, 0.3) is 5.56 Å². The highest BCUT2D eigenvalue weighted by Crippen LogP contribution is 2.28. The van der Waals surface area contributed by atoms with Gasteiger partial charge in [0, 0.05) is 11.4 Å². The van der Waals surface area contributed by atoms with Crippen LogP contribution in [0.5, 0.6) is 0 Å². The molecule has 1 aromatic carbocycles. The van der Waals surface area contributed by atoms with Crippen LogP contribution < -0.4 is 21.9 Å². The number of carbonyl (C=O) groups is 1. The zero-order valence-corrected chi connectivity index (χ0v) is 18.5. The number of nitrogens with zero attached hydrogens (tertiary/aromatic N) is 2. The number of hydrogen-bond donors (Lipinski definition) is 2. The number of anilines is 2. The second-order valence-electron chi connectivity index (χ2n) is 6.78.